The minimum atomic E-state index is -0.493. The van der Waals surface area contributed by atoms with E-state index in [2.05, 4.69) is 15.5 Å². The number of amides is 1. The molecule has 0 aliphatic heterocycles. The molecule has 8 nitrogen and oxygen atoms in total. The zero-order chi connectivity index (χ0) is 27.2. The number of aromatic amines is 1. The van der Waals surface area contributed by atoms with E-state index in [0.29, 0.717) is 28.3 Å². The molecule has 0 radical (unpaired) electrons. The molecule has 8 heteroatoms. The molecule has 0 aliphatic rings. The third kappa shape index (κ3) is 5.50. The Morgan fingerprint density at radius 2 is 1.56 bits per heavy atom. The summed E-state index contributed by atoms with van der Waals surface area (Å²) in [6.07, 6.45) is 1.48. The van der Waals surface area contributed by atoms with Gasteiger partial charge in [-0.15, -0.1) is 0 Å². The van der Waals surface area contributed by atoms with E-state index < -0.39 is 11.9 Å². The van der Waals surface area contributed by atoms with Crippen molar-refractivity contribution in [3.05, 3.63) is 114 Å². The number of nitrogens with zero attached hydrogens (tertiary/aromatic N) is 1. The predicted molar refractivity (Wildman–Crippen MR) is 150 cm³/mol. The van der Waals surface area contributed by atoms with E-state index in [4.69, 9.17) is 14.2 Å². The van der Waals surface area contributed by atoms with Crippen molar-refractivity contribution in [1.82, 2.24) is 10.4 Å². The highest BCUT2D eigenvalue weighted by Crippen LogP contribution is 2.34. The molecule has 5 rings (SSSR count). The van der Waals surface area contributed by atoms with Crippen molar-refractivity contribution in [3.63, 3.8) is 0 Å². The predicted octanol–water partition coefficient (Wildman–Crippen LogP) is 5.84. The topological polar surface area (TPSA) is 102 Å². The molecule has 0 bridgehead atoms. The van der Waals surface area contributed by atoms with Gasteiger partial charge in [0.05, 0.1) is 26.0 Å². The number of ether oxygens (including phenoxy) is 3. The average Bonchev–Trinajstić information content (AvgIpc) is 3.37. The molecule has 0 spiro atoms. The highest BCUT2D eigenvalue weighted by molar-refractivity contribution is 6.10. The molecule has 1 aromatic heterocycles. The van der Waals surface area contributed by atoms with Gasteiger partial charge < -0.3 is 19.2 Å². The number of aromatic nitrogens is 1. The molecule has 1 heterocycles. The maximum absolute atomic E-state index is 13.2. The number of hydrazone groups is 1. The van der Waals surface area contributed by atoms with E-state index in [-0.39, 0.29) is 5.75 Å². The van der Waals surface area contributed by atoms with E-state index in [1.54, 1.807) is 49.6 Å². The van der Waals surface area contributed by atoms with Crippen molar-refractivity contribution in [2.24, 2.45) is 5.10 Å². The third-order valence-electron chi connectivity index (χ3n) is 6.07. The van der Waals surface area contributed by atoms with Gasteiger partial charge in [-0.25, -0.2) is 10.2 Å². The number of benzene rings is 4. The minimum absolute atomic E-state index is 0.272. The molecule has 0 saturated heterocycles. The van der Waals surface area contributed by atoms with Gasteiger partial charge in [-0.3, -0.25) is 4.79 Å². The fraction of sp³-hybridized carbons (Fsp3) is 0.0645. The number of fused-ring (bicyclic) bond motifs is 1. The van der Waals surface area contributed by atoms with Crippen LogP contribution in [0, 0.1) is 0 Å². The van der Waals surface area contributed by atoms with E-state index in [9.17, 15) is 9.59 Å². The van der Waals surface area contributed by atoms with E-state index in [0.717, 1.165) is 22.0 Å². The van der Waals surface area contributed by atoms with Crippen molar-refractivity contribution >= 4 is 29.0 Å². The highest BCUT2D eigenvalue weighted by atomic mass is 16.6. The monoisotopic (exact) mass is 519 g/mol. The molecule has 0 atom stereocenters. The number of carbonyl (C=O) groups is 2. The molecular weight excluding hydrogens is 494 g/mol. The Morgan fingerprint density at radius 1 is 0.821 bits per heavy atom. The summed E-state index contributed by atoms with van der Waals surface area (Å²) in [5.74, 6) is 0.419. The molecule has 0 saturated carbocycles. The number of rotatable bonds is 8. The first-order chi connectivity index (χ1) is 19.1. The lowest BCUT2D eigenvalue weighted by atomic mass is 10.0. The van der Waals surface area contributed by atoms with Gasteiger partial charge in [-0.1, -0.05) is 48.5 Å². The van der Waals surface area contributed by atoms with Crippen LogP contribution in [-0.4, -0.2) is 37.3 Å². The molecule has 0 fully saturated rings. The Balaban J connectivity index is 1.36. The third-order valence-corrected chi connectivity index (χ3v) is 6.07. The van der Waals surface area contributed by atoms with E-state index >= 15 is 0 Å². The molecule has 0 aliphatic carbocycles. The summed E-state index contributed by atoms with van der Waals surface area (Å²) in [7, 11) is 3.08. The van der Waals surface area contributed by atoms with Crippen LogP contribution in [0.2, 0.25) is 0 Å². The number of H-pyrrole nitrogens is 1. The van der Waals surface area contributed by atoms with E-state index in [1.807, 2.05) is 54.6 Å². The summed E-state index contributed by atoms with van der Waals surface area (Å²) in [4.78, 5) is 28.8. The molecule has 2 N–H and O–H groups in total. The number of esters is 1. The lowest BCUT2D eigenvalue weighted by molar-refractivity contribution is 0.0729. The van der Waals surface area contributed by atoms with Crippen LogP contribution in [0.5, 0.6) is 17.2 Å². The molecule has 1 amide bonds. The standard InChI is InChI=1S/C31H25N3O5/c1-37-23-14-15-25-24(18-23)28(21-9-5-3-6-10-21)29(33-25)30(35)34-32-19-20-13-16-26(27(17-20)38-2)39-31(36)22-11-7-4-8-12-22/h3-19,33H,1-2H3,(H,34,35). The van der Waals surface area contributed by atoms with Crippen LogP contribution in [0.1, 0.15) is 26.4 Å². The largest absolute Gasteiger partial charge is 0.497 e. The number of methoxy groups -OCH3 is 2. The van der Waals surface area contributed by atoms with E-state index in [1.165, 1.54) is 13.3 Å². The Labute approximate surface area is 224 Å². The fourth-order valence-corrected chi connectivity index (χ4v) is 4.18. The second kappa shape index (κ2) is 11.4. The molecule has 194 valence electrons. The molecule has 39 heavy (non-hydrogen) atoms. The normalized spacial score (nSPS) is 10.9. The SMILES string of the molecule is COc1ccc2[nH]c(C(=O)NN=Cc3ccc(OC(=O)c4ccccc4)c(OC)c3)c(-c3ccccc3)c2c1. The van der Waals surface area contributed by atoms with Crippen molar-refractivity contribution in [3.8, 4) is 28.4 Å². The lowest BCUT2D eigenvalue weighted by Gasteiger charge is -2.10. The maximum Gasteiger partial charge on any atom is 0.343 e. The summed E-state index contributed by atoms with van der Waals surface area (Å²) >= 11 is 0. The van der Waals surface area contributed by atoms with Crippen molar-refractivity contribution in [2.45, 2.75) is 0 Å². The van der Waals surface area contributed by atoms with Gasteiger partial charge in [0.15, 0.2) is 11.5 Å². The quantitative estimate of drug-likeness (QED) is 0.116. The molecule has 0 unspecified atom stereocenters. The number of carbonyl (C=O) groups excluding carboxylic acids is 2. The van der Waals surface area contributed by atoms with Gasteiger partial charge in [0.1, 0.15) is 11.4 Å². The lowest BCUT2D eigenvalue weighted by Crippen LogP contribution is -2.18. The van der Waals surface area contributed by atoms with Crippen LogP contribution in [0.25, 0.3) is 22.0 Å². The Kier molecular flexibility index (Phi) is 7.36. The Hall–Kier alpha value is -5.37. The second-order valence-corrected chi connectivity index (χ2v) is 8.52. The molecule has 5 aromatic rings. The van der Waals surface area contributed by atoms with Crippen LogP contribution < -0.4 is 19.6 Å². The van der Waals surface area contributed by atoms with Crippen LogP contribution in [0.3, 0.4) is 0 Å². The van der Waals surface area contributed by atoms with Gasteiger partial charge in [0, 0.05) is 16.5 Å². The Morgan fingerprint density at radius 3 is 2.28 bits per heavy atom. The summed E-state index contributed by atoms with van der Waals surface area (Å²) in [5.41, 5.74) is 6.48. The van der Waals surface area contributed by atoms with Crippen LogP contribution >= 0.6 is 0 Å². The van der Waals surface area contributed by atoms with Crippen molar-refractivity contribution < 1.29 is 23.8 Å². The van der Waals surface area contributed by atoms with Gasteiger partial charge in [0.2, 0.25) is 0 Å². The number of nitrogens with one attached hydrogen (secondary N) is 2. The van der Waals surface area contributed by atoms with Crippen LogP contribution in [-0.2, 0) is 0 Å². The number of hydrogen-bond acceptors (Lipinski definition) is 6. The second-order valence-electron chi connectivity index (χ2n) is 8.52. The van der Waals surface area contributed by atoms with Gasteiger partial charge in [-0.2, -0.15) is 5.10 Å². The fourth-order valence-electron chi connectivity index (χ4n) is 4.18. The zero-order valence-corrected chi connectivity index (χ0v) is 21.3. The highest BCUT2D eigenvalue weighted by Gasteiger charge is 2.19. The van der Waals surface area contributed by atoms with Crippen molar-refractivity contribution in [1.29, 1.82) is 0 Å². The van der Waals surface area contributed by atoms with Crippen LogP contribution in [0.15, 0.2) is 102 Å². The van der Waals surface area contributed by atoms with Gasteiger partial charge >= 0.3 is 5.97 Å². The summed E-state index contributed by atoms with van der Waals surface area (Å²) in [6.45, 7) is 0. The summed E-state index contributed by atoms with van der Waals surface area (Å²) in [6, 6.07) is 28.9. The minimum Gasteiger partial charge on any atom is -0.497 e. The molecule has 4 aromatic carbocycles. The Bertz CT molecular complexity index is 1660. The van der Waals surface area contributed by atoms with Crippen molar-refractivity contribution in [2.75, 3.05) is 14.2 Å². The first kappa shape index (κ1) is 25.3. The first-order valence-corrected chi connectivity index (χ1v) is 12.1. The summed E-state index contributed by atoms with van der Waals surface area (Å²) < 4.78 is 16.3. The number of hydrogen-bond donors (Lipinski definition) is 2. The smallest absolute Gasteiger partial charge is 0.343 e. The molecular formula is C31H25N3O5. The van der Waals surface area contributed by atoms with Crippen LogP contribution in [0.4, 0.5) is 0 Å². The summed E-state index contributed by atoms with van der Waals surface area (Å²) in [5, 5.41) is 5.00. The van der Waals surface area contributed by atoms with Gasteiger partial charge in [0.25, 0.3) is 5.91 Å². The van der Waals surface area contributed by atoms with Gasteiger partial charge in [-0.05, 0) is 59.7 Å². The maximum atomic E-state index is 13.2. The zero-order valence-electron chi connectivity index (χ0n) is 21.3. The first-order valence-electron chi connectivity index (χ1n) is 12.1. The average molecular weight is 520 g/mol.